The fourth-order valence-electron chi connectivity index (χ4n) is 2.81. The summed E-state index contributed by atoms with van der Waals surface area (Å²) in [4.78, 5) is 7.15. The molecule has 0 aromatic carbocycles. The van der Waals surface area contributed by atoms with E-state index >= 15 is 0 Å². The third kappa shape index (κ3) is 2.93. The van der Waals surface area contributed by atoms with Crippen LogP contribution in [0.4, 0.5) is 5.82 Å². The van der Waals surface area contributed by atoms with Crippen molar-refractivity contribution in [1.82, 2.24) is 19.9 Å². The first-order valence-corrected chi connectivity index (χ1v) is 7.65. The first-order valence-electron chi connectivity index (χ1n) is 7.65. The second-order valence-corrected chi connectivity index (χ2v) is 5.51. The lowest BCUT2D eigenvalue weighted by atomic mass is 10.2. The average Bonchev–Trinajstić information content (AvgIpc) is 3.13. The molecule has 1 unspecified atom stereocenters. The van der Waals surface area contributed by atoms with Crippen molar-refractivity contribution in [2.24, 2.45) is 0 Å². The van der Waals surface area contributed by atoms with Crippen LogP contribution in [0.15, 0.2) is 24.5 Å². The van der Waals surface area contributed by atoms with Crippen LogP contribution in [0.25, 0.3) is 5.65 Å². The molecule has 0 amide bonds. The molecule has 3 heterocycles. The highest BCUT2D eigenvalue weighted by molar-refractivity contribution is 5.47. The summed E-state index contributed by atoms with van der Waals surface area (Å²) < 4.78 is 1.81. The molecule has 1 aliphatic rings. The summed E-state index contributed by atoms with van der Waals surface area (Å²) in [5, 5.41) is 7.79. The number of unbranched alkanes of at least 4 members (excludes halogenated alkanes) is 1. The number of hydrogen-bond donors (Lipinski definition) is 1. The smallest absolute Gasteiger partial charge is 0.157 e. The predicted octanol–water partition coefficient (Wildman–Crippen LogP) is 2.09. The molecule has 20 heavy (non-hydrogen) atoms. The minimum absolute atomic E-state index is 0.606. The molecule has 5 nitrogen and oxygen atoms in total. The van der Waals surface area contributed by atoms with Gasteiger partial charge in [0.15, 0.2) is 5.65 Å². The van der Waals surface area contributed by atoms with Gasteiger partial charge >= 0.3 is 0 Å². The summed E-state index contributed by atoms with van der Waals surface area (Å²) in [5.41, 5.74) is 0.920. The van der Waals surface area contributed by atoms with Crippen molar-refractivity contribution in [2.75, 3.05) is 24.5 Å². The van der Waals surface area contributed by atoms with Crippen molar-refractivity contribution in [1.29, 1.82) is 0 Å². The third-order valence-electron chi connectivity index (χ3n) is 3.95. The Morgan fingerprint density at radius 3 is 3.20 bits per heavy atom. The van der Waals surface area contributed by atoms with Crippen LogP contribution in [0.2, 0.25) is 0 Å². The van der Waals surface area contributed by atoms with Gasteiger partial charge in [-0.2, -0.15) is 5.10 Å². The predicted molar refractivity (Wildman–Crippen MR) is 81.1 cm³/mol. The fourth-order valence-corrected chi connectivity index (χ4v) is 2.81. The molecule has 3 rings (SSSR count). The van der Waals surface area contributed by atoms with Gasteiger partial charge in [0.25, 0.3) is 0 Å². The Balaban J connectivity index is 1.78. The summed E-state index contributed by atoms with van der Waals surface area (Å²) in [6, 6.07) is 4.63. The molecule has 2 aromatic rings. The molecule has 0 spiro atoms. The Hall–Kier alpha value is -1.62. The Morgan fingerprint density at radius 2 is 2.40 bits per heavy atom. The summed E-state index contributed by atoms with van der Waals surface area (Å²) in [5.74, 6) is 1.07. The van der Waals surface area contributed by atoms with Crippen LogP contribution in [0.3, 0.4) is 0 Å². The van der Waals surface area contributed by atoms with E-state index in [1.165, 1.54) is 25.7 Å². The van der Waals surface area contributed by atoms with Crippen molar-refractivity contribution < 1.29 is 0 Å². The van der Waals surface area contributed by atoms with Crippen LogP contribution in [-0.2, 0) is 0 Å². The van der Waals surface area contributed by atoms with Crippen LogP contribution in [0.5, 0.6) is 0 Å². The quantitative estimate of drug-likeness (QED) is 0.875. The number of nitrogens with one attached hydrogen (secondary N) is 1. The van der Waals surface area contributed by atoms with Gasteiger partial charge in [-0.25, -0.2) is 9.50 Å². The van der Waals surface area contributed by atoms with E-state index in [2.05, 4.69) is 28.3 Å². The van der Waals surface area contributed by atoms with E-state index in [0.717, 1.165) is 31.1 Å². The summed E-state index contributed by atoms with van der Waals surface area (Å²) >= 11 is 0. The van der Waals surface area contributed by atoms with E-state index in [1.807, 2.05) is 16.8 Å². The van der Waals surface area contributed by atoms with Gasteiger partial charge in [0.2, 0.25) is 0 Å². The average molecular weight is 273 g/mol. The SMILES string of the molecule is CCCCN(CC1CCCN1)c1ccn2nccc2n1. The molecule has 108 valence electrons. The van der Waals surface area contributed by atoms with E-state index < -0.39 is 0 Å². The van der Waals surface area contributed by atoms with Gasteiger partial charge in [-0.15, -0.1) is 0 Å². The number of aromatic nitrogens is 3. The van der Waals surface area contributed by atoms with Crippen molar-refractivity contribution in [3.63, 3.8) is 0 Å². The van der Waals surface area contributed by atoms with Crippen molar-refractivity contribution in [2.45, 2.75) is 38.6 Å². The number of hydrogen-bond acceptors (Lipinski definition) is 4. The molecular weight excluding hydrogens is 250 g/mol. The highest BCUT2D eigenvalue weighted by Gasteiger charge is 2.18. The summed E-state index contributed by atoms with van der Waals surface area (Å²) in [6.07, 6.45) is 8.78. The molecule has 0 saturated carbocycles. The van der Waals surface area contributed by atoms with E-state index in [1.54, 1.807) is 6.20 Å². The molecule has 1 N–H and O–H groups in total. The van der Waals surface area contributed by atoms with Gasteiger partial charge < -0.3 is 10.2 Å². The zero-order valence-corrected chi connectivity index (χ0v) is 12.1. The number of anilines is 1. The Labute approximate surface area is 120 Å². The molecule has 2 aromatic heterocycles. The fraction of sp³-hybridized carbons (Fsp3) is 0.600. The first kappa shape index (κ1) is 13.4. The van der Waals surface area contributed by atoms with Crippen molar-refractivity contribution >= 4 is 11.5 Å². The molecular formula is C15H23N5. The van der Waals surface area contributed by atoms with Crippen LogP contribution >= 0.6 is 0 Å². The maximum absolute atomic E-state index is 4.73. The second-order valence-electron chi connectivity index (χ2n) is 5.51. The molecule has 0 aliphatic carbocycles. The molecule has 1 saturated heterocycles. The van der Waals surface area contributed by atoms with Crippen LogP contribution in [0, 0.1) is 0 Å². The third-order valence-corrected chi connectivity index (χ3v) is 3.95. The number of nitrogens with zero attached hydrogens (tertiary/aromatic N) is 4. The normalized spacial score (nSPS) is 18.8. The molecule has 1 aliphatic heterocycles. The zero-order valence-electron chi connectivity index (χ0n) is 12.1. The van der Waals surface area contributed by atoms with E-state index in [-0.39, 0.29) is 0 Å². The maximum atomic E-state index is 4.73. The van der Waals surface area contributed by atoms with Gasteiger partial charge in [0.1, 0.15) is 5.82 Å². The Kier molecular flexibility index (Phi) is 4.16. The molecule has 1 fully saturated rings. The lowest BCUT2D eigenvalue weighted by Crippen LogP contribution is -2.38. The van der Waals surface area contributed by atoms with Crippen molar-refractivity contribution in [3.05, 3.63) is 24.5 Å². The van der Waals surface area contributed by atoms with Crippen LogP contribution in [0.1, 0.15) is 32.6 Å². The van der Waals surface area contributed by atoms with Gasteiger partial charge in [-0.05, 0) is 31.9 Å². The van der Waals surface area contributed by atoms with Gasteiger partial charge in [0, 0.05) is 31.4 Å². The van der Waals surface area contributed by atoms with E-state index in [9.17, 15) is 0 Å². The monoisotopic (exact) mass is 273 g/mol. The summed E-state index contributed by atoms with van der Waals surface area (Å²) in [6.45, 7) is 5.52. The topological polar surface area (TPSA) is 45.5 Å². The highest BCUT2D eigenvalue weighted by Crippen LogP contribution is 2.16. The zero-order chi connectivity index (χ0) is 13.8. The number of rotatable bonds is 6. The summed E-state index contributed by atoms with van der Waals surface area (Å²) in [7, 11) is 0. The minimum atomic E-state index is 0.606. The molecule has 1 atom stereocenters. The maximum Gasteiger partial charge on any atom is 0.157 e. The Morgan fingerprint density at radius 1 is 1.45 bits per heavy atom. The number of fused-ring (bicyclic) bond motifs is 1. The molecule has 0 radical (unpaired) electrons. The largest absolute Gasteiger partial charge is 0.355 e. The van der Waals surface area contributed by atoms with Gasteiger partial charge in [-0.1, -0.05) is 13.3 Å². The lowest BCUT2D eigenvalue weighted by molar-refractivity contribution is 0.569. The van der Waals surface area contributed by atoms with Gasteiger partial charge in [-0.3, -0.25) is 0 Å². The van der Waals surface area contributed by atoms with Gasteiger partial charge in [0.05, 0.1) is 6.20 Å². The molecule has 5 heteroatoms. The first-order chi connectivity index (χ1) is 9.86. The highest BCUT2D eigenvalue weighted by atomic mass is 15.3. The van der Waals surface area contributed by atoms with Crippen LogP contribution in [-0.4, -0.2) is 40.3 Å². The standard InChI is InChI=1S/C15H23N5/c1-2-3-10-19(12-13-5-4-8-16-13)14-7-11-20-15(18-14)6-9-17-20/h6-7,9,11,13,16H,2-5,8,10,12H2,1H3. The van der Waals surface area contributed by atoms with Crippen LogP contribution < -0.4 is 10.2 Å². The van der Waals surface area contributed by atoms with E-state index in [0.29, 0.717) is 6.04 Å². The molecule has 0 bridgehead atoms. The lowest BCUT2D eigenvalue weighted by Gasteiger charge is -2.26. The minimum Gasteiger partial charge on any atom is -0.355 e. The second kappa shape index (κ2) is 6.22. The van der Waals surface area contributed by atoms with Crippen molar-refractivity contribution in [3.8, 4) is 0 Å². The van der Waals surface area contributed by atoms with E-state index in [4.69, 9.17) is 4.98 Å². The Bertz CT molecular complexity index is 544.